The molecule has 174 valence electrons. The van der Waals surface area contributed by atoms with E-state index in [0.717, 1.165) is 24.8 Å². The lowest BCUT2D eigenvalue weighted by Gasteiger charge is -2.21. The van der Waals surface area contributed by atoms with Gasteiger partial charge < -0.3 is 24.2 Å². The van der Waals surface area contributed by atoms with Crippen LogP contribution in [0.3, 0.4) is 0 Å². The molecule has 1 amide bonds. The number of amides is 1. The molecule has 0 aliphatic heterocycles. The Morgan fingerprint density at radius 3 is 2.31 bits per heavy atom. The fraction of sp³-hybridized carbons (Fsp3) is 0.440. The van der Waals surface area contributed by atoms with E-state index in [4.69, 9.17) is 14.2 Å². The van der Waals surface area contributed by atoms with Crippen LogP contribution in [-0.4, -0.2) is 61.6 Å². The number of carboxylic acids is 1. The monoisotopic (exact) mass is 443 g/mol. The molecule has 0 bridgehead atoms. The number of hydrogen-bond donors (Lipinski definition) is 1. The van der Waals surface area contributed by atoms with Crippen LogP contribution < -0.4 is 4.74 Å². The van der Waals surface area contributed by atoms with Crippen molar-refractivity contribution in [2.45, 2.75) is 38.7 Å². The van der Waals surface area contributed by atoms with Crippen molar-refractivity contribution < 1.29 is 28.9 Å². The zero-order valence-corrected chi connectivity index (χ0v) is 18.9. The first-order valence-electron chi connectivity index (χ1n) is 11.0. The molecular weight excluding hydrogens is 410 g/mol. The second-order valence-corrected chi connectivity index (χ2v) is 7.38. The lowest BCUT2D eigenvalue weighted by Crippen LogP contribution is -2.35. The predicted molar refractivity (Wildman–Crippen MR) is 122 cm³/mol. The van der Waals surface area contributed by atoms with Crippen molar-refractivity contribution >= 4 is 12.1 Å². The molecule has 0 radical (unpaired) electrons. The summed E-state index contributed by atoms with van der Waals surface area (Å²) >= 11 is 0. The summed E-state index contributed by atoms with van der Waals surface area (Å²) in [5.41, 5.74) is 2.15. The summed E-state index contributed by atoms with van der Waals surface area (Å²) in [6.45, 7) is 3.49. The number of carbonyl (C=O) groups excluding carboxylic acids is 1. The lowest BCUT2D eigenvalue weighted by atomic mass is 10.1. The smallest absolute Gasteiger partial charge is 0.409 e. The molecule has 0 spiro atoms. The van der Waals surface area contributed by atoms with E-state index in [1.807, 2.05) is 30.3 Å². The Labute approximate surface area is 189 Å². The van der Waals surface area contributed by atoms with Gasteiger partial charge in [0.2, 0.25) is 0 Å². The third kappa shape index (κ3) is 8.98. The first kappa shape index (κ1) is 25.2. The summed E-state index contributed by atoms with van der Waals surface area (Å²) in [7, 11) is 1.38. The van der Waals surface area contributed by atoms with Crippen molar-refractivity contribution in [3.8, 4) is 5.75 Å². The molecule has 0 saturated carbocycles. The fourth-order valence-corrected chi connectivity index (χ4v) is 3.33. The molecule has 1 N–H and O–H groups in total. The molecule has 7 nitrogen and oxygen atoms in total. The zero-order chi connectivity index (χ0) is 23.2. The Morgan fingerprint density at radius 1 is 0.969 bits per heavy atom. The van der Waals surface area contributed by atoms with Crippen LogP contribution in [-0.2, 0) is 27.1 Å². The molecule has 0 fully saturated rings. The molecule has 2 aromatic carbocycles. The van der Waals surface area contributed by atoms with E-state index in [0.29, 0.717) is 38.5 Å². The Bertz CT molecular complexity index is 809. The van der Waals surface area contributed by atoms with Gasteiger partial charge in [0.1, 0.15) is 12.4 Å². The van der Waals surface area contributed by atoms with Gasteiger partial charge in [0.15, 0.2) is 6.10 Å². The number of ether oxygens (including phenoxy) is 3. The number of aliphatic carboxylic acids is 1. The van der Waals surface area contributed by atoms with Gasteiger partial charge in [0.25, 0.3) is 0 Å². The molecule has 0 heterocycles. The summed E-state index contributed by atoms with van der Waals surface area (Å²) in [6.07, 6.45) is 1.91. The first-order chi connectivity index (χ1) is 15.5. The number of rotatable bonds is 14. The van der Waals surface area contributed by atoms with Crippen LogP contribution in [0, 0.1) is 0 Å². The van der Waals surface area contributed by atoms with E-state index >= 15 is 0 Å². The lowest BCUT2D eigenvalue weighted by molar-refractivity contribution is -0.149. The summed E-state index contributed by atoms with van der Waals surface area (Å²) in [4.78, 5) is 24.9. The molecular formula is C25H33NO6. The van der Waals surface area contributed by atoms with Crippen molar-refractivity contribution in [2.24, 2.45) is 0 Å². The van der Waals surface area contributed by atoms with E-state index < -0.39 is 12.1 Å². The minimum atomic E-state index is -0.973. The number of methoxy groups -OCH3 is 1. The average molecular weight is 444 g/mol. The van der Waals surface area contributed by atoms with Crippen molar-refractivity contribution in [3.05, 3.63) is 65.7 Å². The highest BCUT2D eigenvalue weighted by Gasteiger charge is 2.18. The van der Waals surface area contributed by atoms with Gasteiger partial charge in [0, 0.05) is 19.6 Å². The van der Waals surface area contributed by atoms with Gasteiger partial charge in [-0.25, -0.2) is 9.59 Å². The standard InChI is InChI=1S/C25H33NO6/c1-3-31-23(24(27)28)19-21-12-14-22(15-13-21)32-18-17-26(25(29)30-2)16-8-7-11-20-9-5-4-6-10-20/h4-6,9-10,12-15,23H,3,7-8,11,16-19H2,1-2H3,(H,27,28). The average Bonchev–Trinajstić information content (AvgIpc) is 2.81. The second kappa shape index (κ2) is 14.1. The van der Waals surface area contributed by atoms with Crippen LogP contribution in [0.5, 0.6) is 5.75 Å². The van der Waals surface area contributed by atoms with Crippen LogP contribution in [0.15, 0.2) is 54.6 Å². The highest BCUT2D eigenvalue weighted by atomic mass is 16.5. The molecule has 0 saturated heterocycles. The number of carboxylic acid groups (broad SMARTS) is 1. The number of benzene rings is 2. The molecule has 7 heteroatoms. The Morgan fingerprint density at radius 2 is 1.69 bits per heavy atom. The molecule has 2 rings (SSSR count). The predicted octanol–water partition coefficient (Wildman–Crippen LogP) is 4.19. The number of carbonyl (C=O) groups is 2. The molecule has 32 heavy (non-hydrogen) atoms. The third-order valence-corrected chi connectivity index (χ3v) is 5.04. The molecule has 0 aromatic heterocycles. The van der Waals surface area contributed by atoms with Gasteiger partial charge in [0.05, 0.1) is 13.7 Å². The third-order valence-electron chi connectivity index (χ3n) is 5.04. The van der Waals surface area contributed by atoms with Gasteiger partial charge >= 0.3 is 12.1 Å². The van der Waals surface area contributed by atoms with Gasteiger partial charge in [-0.3, -0.25) is 0 Å². The van der Waals surface area contributed by atoms with E-state index in [1.165, 1.54) is 12.7 Å². The quantitative estimate of drug-likeness (QED) is 0.441. The Kier molecular flexibility index (Phi) is 11.1. The van der Waals surface area contributed by atoms with Crippen LogP contribution >= 0.6 is 0 Å². The van der Waals surface area contributed by atoms with Gasteiger partial charge in [-0.1, -0.05) is 42.5 Å². The molecule has 1 atom stereocenters. The molecule has 1 unspecified atom stereocenters. The molecule has 2 aromatic rings. The summed E-state index contributed by atoms with van der Waals surface area (Å²) in [6, 6.07) is 17.5. The van der Waals surface area contributed by atoms with E-state index in [9.17, 15) is 14.7 Å². The fourth-order valence-electron chi connectivity index (χ4n) is 3.33. The van der Waals surface area contributed by atoms with Crippen LogP contribution in [0.2, 0.25) is 0 Å². The van der Waals surface area contributed by atoms with Crippen molar-refractivity contribution in [3.63, 3.8) is 0 Å². The van der Waals surface area contributed by atoms with Crippen molar-refractivity contribution in [2.75, 3.05) is 33.4 Å². The summed E-state index contributed by atoms with van der Waals surface area (Å²) in [5, 5.41) is 9.20. The number of aryl methyl sites for hydroxylation is 1. The topological polar surface area (TPSA) is 85.3 Å². The summed E-state index contributed by atoms with van der Waals surface area (Å²) < 4.78 is 15.9. The van der Waals surface area contributed by atoms with Gasteiger partial charge in [-0.15, -0.1) is 0 Å². The van der Waals surface area contributed by atoms with Gasteiger partial charge in [-0.05, 0) is 49.4 Å². The van der Waals surface area contributed by atoms with Crippen molar-refractivity contribution in [1.29, 1.82) is 0 Å². The van der Waals surface area contributed by atoms with Gasteiger partial charge in [-0.2, -0.15) is 0 Å². The molecule has 0 aliphatic carbocycles. The van der Waals surface area contributed by atoms with E-state index in [1.54, 1.807) is 24.0 Å². The number of hydrogen-bond acceptors (Lipinski definition) is 5. The zero-order valence-electron chi connectivity index (χ0n) is 18.9. The number of nitrogens with zero attached hydrogens (tertiary/aromatic N) is 1. The molecule has 0 aliphatic rings. The largest absolute Gasteiger partial charge is 0.492 e. The highest BCUT2D eigenvalue weighted by molar-refractivity contribution is 5.72. The minimum absolute atomic E-state index is 0.294. The normalized spacial score (nSPS) is 11.6. The maximum Gasteiger partial charge on any atom is 0.409 e. The van der Waals surface area contributed by atoms with Crippen LogP contribution in [0.1, 0.15) is 30.9 Å². The SMILES string of the molecule is CCOC(Cc1ccc(OCCN(CCCCc2ccccc2)C(=O)OC)cc1)C(=O)O. The van der Waals surface area contributed by atoms with Crippen LogP contribution in [0.25, 0.3) is 0 Å². The van der Waals surface area contributed by atoms with Crippen LogP contribution in [0.4, 0.5) is 4.79 Å². The number of unbranched alkanes of at least 4 members (excludes halogenated alkanes) is 1. The maximum atomic E-state index is 12.1. The first-order valence-corrected chi connectivity index (χ1v) is 11.0. The Balaban J connectivity index is 1.76. The maximum absolute atomic E-state index is 12.1. The van der Waals surface area contributed by atoms with Crippen molar-refractivity contribution in [1.82, 2.24) is 4.90 Å². The minimum Gasteiger partial charge on any atom is -0.492 e. The van der Waals surface area contributed by atoms with E-state index in [-0.39, 0.29) is 6.09 Å². The Hall–Kier alpha value is -3.06. The van der Waals surface area contributed by atoms with E-state index in [2.05, 4.69) is 12.1 Å². The second-order valence-electron chi connectivity index (χ2n) is 7.38. The highest BCUT2D eigenvalue weighted by Crippen LogP contribution is 2.15. The summed E-state index contributed by atoms with van der Waals surface area (Å²) in [5.74, 6) is -0.315.